The van der Waals surface area contributed by atoms with E-state index in [0.29, 0.717) is 5.92 Å². The topological polar surface area (TPSA) is 6.48 Å². The van der Waals surface area contributed by atoms with Crippen molar-refractivity contribution in [1.29, 1.82) is 0 Å². The van der Waals surface area contributed by atoms with Crippen LogP contribution in [0.2, 0.25) is 0 Å². The molecule has 0 spiro atoms. The van der Waals surface area contributed by atoms with Crippen molar-refractivity contribution in [2.75, 3.05) is 9.80 Å². The zero-order valence-electron chi connectivity index (χ0n) is 27.0. The van der Waals surface area contributed by atoms with Crippen LogP contribution in [0.5, 0.6) is 0 Å². The predicted octanol–water partition coefficient (Wildman–Crippen LogP) is 12.5. The first kappa shape index (κ1) is 28.2. The van der Waals surface area contributed by atoms with Gasteiger partial charge in [-0.1, -0.05) is 102 Å². The molecule has 1 atom stereocenters. The fraction of sp³-hybridized carbons (Fsp3) is 0.136. The number of rotatable bonds is 6. The number of fused-ring (bicyclic) bond motifs is 3. The number of hydrogen-bond donors (Lipinski definition) is 0. The lowest BCUT2D eigenvalue weighted by Crippen LogP contribution is -2.17. The lowest BCUT2D eigenvalue weighted by atomic mass is 9.99. The van der Waals surface area contributed by atoms with E-state index < -0.39 is 0 Å². The summed E-state index contributed by atoms with van der Waals surface area (Å²) in [6, 6.07) is 45.1. The van der Waals surface area contributed by atoms with E-state index in [2.05, 4.69) is 177 Å². The van der Waals surface area contributed by atoms with Gasteiger partial charge in [0.1, 0.15) is 0 Å². The minimum Gasteiger partial charge on any atom is -0.311 e. The zero-order valence-corrected chi connectivity index (χ0v) is 27.0. The van der Waals surface area contributed by atoms with Gasteiger partial charge >= 0.3 is 0 Å². The molecule has 0 saturated carbocycles. The van der Waals surface area contributed by atoms with Crippen molar-refractivity contribution in [3.8, 4) is 22.3 Å². The number of nitrogens with zero attached hydrogens (tertiary/aromatic N) is 2. The average Bonchev–Trinajstić information content (AvgIpc) is 3.39. The van der Waals surface area contributed by atoms with E-state index in [1.165, 1.54) is 72.5 Å². The normalized spacial score (nSPS) is 14.7. The quantitative estimate of drug-likeness (QED) is 0.189. The second kappa shape index (κ2) is 11.2. The molecule has 1 unspecified atom stereocenters. The summed E-state index contributed by atoms with van der Waals surface area (Å²) in [6.07, 6.45) is 8.07. The number of hydrogen-bond acceptors (Lipinski definition) is 2. The maximum Gasteiger partial charge on any atom is 0.0540 e. The summed E-state index contributed by atoms with van der Waals surface area (Å²) in [7, 11) is 0. The molecule has 0 radical (unpaired) electrons. The Morgan fingerprint density at radius 3 is 1.67 bits per heavy atom. The molecule has 2 nitrogen and oxygen atoms in total. The SMILES string of the molecule is Cc1ccc(N(C2=CC(C)CC=C2)c2ccc3c(c2)-c2cccc4c(N(c5ccc(C)cc5)c5ccc(C)cc5)ccc-3c24)cc1. The van der Waals surface area contributed by atoms with Crippen LogP contribution in [-0.2, 0) is 0 Å². The molecule has 0 bridgehead atoms. The van der Waals surface area contributed by atoms with Crippen LogP contribution in [0, 0.1) is 26.7 Å². The van der Waals surface area contributed by atoms with E-state index in [1.807, 2.05) is 0 Å². The molecule has 224 valence electrons. The molecule has 8 rings (SSSR count). The Morgan fingerprint density at radius 1 is 0.522 bits per heavy atom. The molecule has 2 heteroatoms. The molecule has 2 aliphatic carbocycles. The third-order valence-corrected chi connectivity index (χ3v) is 9.49. The second-order valence-electron chi connectivity index (χ2n) is 13.0. The van der Waals surface area contributed by atoms with E-state index in [1.54, 1.807) is 0 Å². The minimum atomic E-state index is 0.504. The van der Waals surface area contributed by atoms with Crippen LogP contribution in [0.3, 0.4) is 0 Å². The first-order chi connectivity index (χ1) is 22.4. The van der Waals surface area contributed by atoms with Gasteiger partial charge in [-0.3, -0.25) is 0 Å². The van der Waals surface area contributed by atoms with Crippen molar-refractivity contribution in [3.63, 3.8) is 0 Å². The Morgan fingerprint density at radius 2 is 1.07 bits per heavy atom. The Kier molecular flexibility index (Phi) is 6.87. The van der Waals surface area contributed by atoms with E-state index >= 15 is 0 Å². The van der Waals surface area contributed by atoms with Crippen LogP contribution < -0.4 is 9.80 Å². The highest BCUT2D eigenvalue weighted by molar-refractivity contribution is 6.19. The molecule has 0 aromatic heterocycles. The van der Waals surface area contributed by atoms with E-state index in [4.69, 9.17) is 0 Å². The van der Waals surface area contributed by atoms with Crippen molar-refractivity contribution >= 4 is 39.2 Å². The van der Waals surface area contributed by atoms with E-state index in [0.717, 1.165) is 17.8 Å². The summed E-state index contributed by atoms with van der Waals surface area (Å²) < 4.78 is 0. The van der Waals surface area contributed by atoms with Crippen LogP contribution in [0.4, 0.5) is 28.4 Å². The van der Waals surface area contributed by atoms with Gasteiger partial charge in [-0.25, -0.2) is 0 Å². The van der Waals surface area contributed by atoms with Gasteiger partial charge in [0.15, 0.2) is 0 Å². The molecular weight excluding hydrogens is 556 g/mol. The molecule has 0 saturated heterocycles. The van der Waals surface area contributed by atoms with Crippen molar-refractivity contribution < 1.29 is 0 Å². The highest BCUT2D eigenvalue weighted by Crippen LogP contribution is 2.52. The molecule has 0 N–H and O–H groups in total. The first-order valence-electron chi connectivity index (χ1n) is 16.3. The second-order valence-corrected chi connectivity index (χ2v) is 13.0. The molecule has 0 fully saturated rings. The number of anilines is 5. The fourth-order valence-electron chi connectivity index (χ4n) is 7.09. The third-order valence-electron chi connectivity index (χ3n) is 9.49. The average molecular weight is 595 g/mol. The summed E-state index contributed by atoms with van der Waals surface area (Å²) in [5.41, 5.74) is 16.1. The van der Waals surface area contributed by atoms with Crippen molar-refractivity contribution in [2.24, 2.45) is 5.92 Å². The van der Waals surface area contributed by atoms with Gasteiger partial charge in [-0.2, -0.15) is 0 Å². The van der Waals surface area contributed by atoms with Gasteiger partial charge in [0.2, 0.25) is 0 Å². The zero-order chi connectivity index (χ0) is 31.4. The number of allylic oxidation sites excluding steroid dienone is 3. The van der Waals surface area contributed by atoms with Crippen LogP contribution in [0.15, 0.2) is 145 Å². The van der Waals surface area contributed by atoms with E-state index in [9.17, 15) is 0 Å². The molecule has 46 heavy (non-hydrogen) atoms. The van der Waals surface area contributed by atoms with Gasteiger partial charge in [-0.15, -0.1) is 0 Å². The van der Waals surface area contributed by atoms with E-state index in [-0.39, 0.29) is 0 Å². The standard InChI is InChI=1S/C44H38N2/c1-29-11-17-33(18-12-29)45(36-8-5-7-32(4)27-36)37-23-24-38-40-25-26-43(41-10-6-9-39(44(40)41)42(38)28-37)46(34-19-13-30(2)14-20-34)35-21-15-31(3)16-22-35/h5-6,8-28,32H,7H2,1-4H3. The Hall–Kier alpha value is -5.34. The summed E-state index contributed by atoms with van der Waals surface area (Å²) in [4.78, 5) is 4.81. The summed E-state index contributed by atoms with van der Waals surface area (Å²) in [6.45, 7) is 8.74. The lowest BCUT2D eigenvalue weighted by molar-refractivity contribution is 0.726. The van der Waals surface area contributed by atoms with Crippen molar-refractivity contribution in [3.05, 3.63) is 162 Å². The van der Waals surface area contributed by atoms with Crippen molar-refractivity contribution in [2.45, 2.75) is 34.1 Å². The molecule has 0 heterocycles. The van der Waals surface area contributed by atoms with Gasteiger partial charge in [0.05, 0.1) is 5.69 Å². The largest absolute Gasteiger partial charge is 0.311 e. The Balaban J connectivity index is 1.29. The summed E-state index contributed by atoms with van der Waals surface area (Å²) in [5, 5.41) is 2.58. The fourth-order valence-corrected chi connectivity index (χ4v) is 7.09. The molecule has 0 amide bonds. The molecule has 6 aromatic rings. The van der Waals surface area contributed by atoms with Crippen LogP contribution in [0.25, 0.3) is 33.0 Å². The highest BCUT2D eigenvalue weighted by Gasteiger charge is 2.26. The van der Waals surface area contributed by atoms with Gasteiger partial charge in [0.25, 0.3) is 0 Å². The molecule has 0 aliphatic heterocycles. The number of aryl methyl sites for hydroxylation is 3. The van der Waals surface area contributed by atoms with Gasteiger partial charge < -0.3 is 9.80 Å². The summed E-state index contributed by atoms with van der Waals surface area (Å²) in [5.74, 6) is 0.504. The predicted molar refractivity (Wildman–Crippen MR) is 197 cm³/mol. The Bertz CT molecular complexity index is 2100. The lowest BCUT2D eigenvalue weighted by Gasteiger charge is -2.29. The van der Waals surface area contributed by atoms with Crippen molar-refractivity contribution in [1.82, 2.24) is 0 Å². The molecule has 6 aromatic carbocycles. The number of benzene rings is 6. The van der Waals surface area contributed by atoms with Crippen LogP contribution in [0.1, 0.15) is 30.0 Å². The third kappa shape index (κ3) is 4.82. The minimum absolute atomic E-state index is 0.504. The maximum atomic E-state index is 2.41. The molecular formula is C44H38N2. The van der Waals surface area contributed by atoms with Gasteiger partial charge in [0, 0.05) is 33.8 Å². The smallest absolute Gasteiger partial charge is 0.0540 e. The highest BCUT2D eigenvalue weighted by atomic mass is 15.2. The summed E-state index contributed by atoms with van der Waals surface area (Å²) >= 11 is 0. The first-order valence-corrected chi connectivity index (χ1v) is 16.3. The van der Waals surface area contributed by atoms with Gasteiger partial charge in [-0.05, 0) is 121 Å². The molecule has 2 aliphatic rings. The maximum absolute atomic E-state index is 2.41. The Labute approximate surface area is 272 Å². The van der Waals surface area contributed by atoms with Crippen LogP contribution in [-0.4, -0.2) is 0 Å². The van der Waals surface area contributed by atoms with Crippen LogP contribution >= 0.6 is 0 Å². The monoisotopic (exact) mass is 594 g/mol.